The van der Waals surface area contributed by atoms with Crippen molar-refractivity contribution >= 4 is 26.8 Å². The maximum Gasteiger partial charge on any atom is 0.256 e. The molecule has 34 heavy (non-hydrogen) atoms. The molecule has 2 aromatic carbocycles. The summed E-state index contributed by atoms with van der Waals surface area (Å²) in [6, 6.07) is 16.5. The Hall–Kier alpha value is -2.81. The van der Waals surface area contributed by atoms with Gasteiger partial charge in [0, 0.05) is 30.9 Å². The van der Waals surface area contributed by atoms with Crippen LogP contribution in [0.5, 0.6) is 0 Å². The second kappa shape index (κ2) is 9.44. The van der Waals surface area contributed by atoms with Gasteiger partial charge in [0.2, 0.25) is 10.0 Å². The van der Waals surface area contributed by atoms with Crippen molar-refractivity contribution in [3.63, 3.8) is 0 Å². The van der Waals surface area contributed by atoms with E-state index in [1.807, 2.05) is 29.2 Å². The zero-order chi connectivity index (χ0) is 23.7. The first-order valence-electron chi connectivity index (χ1n) is 12.0. The Labute approximate surface area is 200 Å². The molecule has 2 aliphatic rings. The lowest BCUT2D eigenvalue weighted by Crippen LogP contribution is -2.49. The maximum atomic E-state index is 14.1. The highest BCUT2D eigenvalue weighted by atomic mass is 32.2. The zero-order valence-electron chi connectivity index (χ0n) is 19.1. The largest absolute Gasteiger partial charge is 0.329 e. The molecule has 2 heterocycles. The van der Waals surface area contributed by atoms with Crippen molar-refractivity contribution < 1.29 is 13.2 Å². The van der Waals surface area contributed by atoms with Crippen molar-refractivity contribution in [2.75, 3.05) is 19.6 Å². The molecule has 0 bridgehead atoms. The van der Waals surface area contributed by atoms with Gasteiger partial charge in [0.25, 0.3) is 5.91 Å². The first-order valence-corrected chi connectivity index (χ1v) is 13.5. The molecule has 1 aliphatic carbocycles. The summed E-state index contributed by atoms with van der Waals surface area (Å²) in [6.45, 7) is 2.01. The molecule has 1 unspecified atom stereocenters. The normalized spacial score (nSPS) is 19.9. The molecule has 3 N–H and O–H groups in total. The Balaban J connectivity index is 1.62. The van der Waals surface area contributed by atoms with Gasteiger partial charge >= 0.3 is 0 Å². The smallest absolute Gasteiger partial charge is 0.256 e. The molecule has 8 heteroatoms. The van der Waals surface area contributed by atoms with Crippen LogP contribution < -0.4 is 10.5 Å². The average Bonchev–Trinajstić information content (AvgIpc) is 2.87. The number of hydrogen-bond donors (Lipinski definition) is 2. The Kier molecular flexibility index (Phi) is 6.38. The van der Waals surface area contributed by atoms with Crippen LogP contribution in [-0.4, -0.2) is 43.8 Å². The number of benzene rings is 2. The molecule has 0 spiro atoms. The summed E-state index contributed by atoms with van der Waals surface area (Å²) in [7, 11) is -3.85. The van der Waals surface area contributed by atoms with Crippen molar-refractivity contribution in [3.05, 3.63) is 71.4 Å². The minimum Gasteiger partial charge on any atom is -0.329 e. The molecule has 1 aromatic heterocycles. The molecule has 178 valence electrons. The highest BCUT2D eigenvalue weighted by molar-refractivity contribution is 7.89. The van der Waals surface area contributed by atoms with Gasteiger partial charge in [-0.3, -0.25) is 9.78 Å². The summed E-state index contributed by atoms with van der Waals surface area (Å²) >= 11 is 0. The summed E-state index contributed by atoms with van der Waals surface area (Å²) in [6.07, 6.45) is 5.49. The lowest BCUT2D eigenvalue weighted by Gasteiger charge is -2.37. The van der Waals surface area contributed by atoms with Gasteiger partial charge in [0.05, 0.1) is 27.7 Å². The van der Waals surface area contributed by atoms with Crippen LogP contribution in [0.15, 0.2) is 59.5 Å². The van der Waals surface area contributed by atoms with E-state index in [1.54, 1.807) is 6.07 Å². The fraction of sp³-hybridized carbons (Fsp3) is 0.385. The lowest BCUT2D eigenvalue weighted by molar-refractivity contribution is 0.0632. The number of amides is 1. The number of rotatable bonds is 4. The summed E-state index contributed by atoms with van der Waals surface area (Å²) in [5, 5.41) is 9.38. The Morgan fingerprint density at radius 3 is 2.53 bits per heavy atom. The molecular weight excluding hydrogens is 448 g/mol. The van der Waals surface area contributed by atoms with Crippen LogP contribution in [-0.2, 0) is 10.0 Å². The Bertz CT molecular complexity index is 1300. The van der Waals surface area contributed by atoms with Crippen LogP contribution >= 0.6 is 0 Å². The number of fused-ring (bicyclic) bond motifs is 1. The van der Waals surface area contributed by atoms with Crippen LogP contribution in [0.2, 0.25) is 0 Å². The van der Waals surface area contributed by atoms with Crippen LogP contribution in [0.1, 0.15) is 65.7 Å². The van der Waals surface area contributed by atoms with E-state index in [0.29, 0.717) is 29.6 Å². The van der Waals surface area contributed by atoms with Crippen LogP contribution in [0.25, 0.3) is 10.9 Å². The van der Waals surface area contributed by atoms with E-state index in [0.717, 1.165) is 43.5 Å². The number of hydrogen-bond acceptors (Lipinski definition) is 5. The Morgan fingerprint density at radius 2 is 1.79 bits per heavy atom. The highest BCUT2D eigenvalue weighted by Gasteiger charge is 2.32. The highest BCUT2D eigenvalue weighted by Crippen LogP contribution is 2.36. The predicted octanol–water partition coefficient (Wildman–Crippen LogP) is 3.72. The lowest BCUT2D eigenvalue weighted by atomic mass is 9.84. The van der Waals surface area contributed by atoms with Gasteiger partial charge in [0.15, 0.2) is 0 Å². The zero-order valence-corrected chi connectivity index (χ0v) is 19.9. The quantitative estimate of drug-likeness (QED) is 0.595. The third-order valence-electron chi connectivity index (χ3n) is 7.06. The van der Waals surface area contributed by atoms with Gasteiger partial charge in [-0.1, -0.05) is 49.6 Å². The van der Waals surface area contributed by atoms with Gasteiger partial charge in [-0.15, -0.1) is 0 Å². The maximum absolute atomic E-state index is 14.1. The fourth-order valence-electron chi connectivity index (χ4n) is 5.28. The van der Waals surface area contributed by atoms with Gasteiger partial charge in [0.1, 0.15) is 0 Å². The molecule has 2 fully saturated rings. The van der Waals surface area contributed by atoms with Crippen LogP contribution in [0, 0.1) is 0 Å². The molecule has 1 atom stereocenters. The van der Waals surface area contributed by atoms with Crippen LogP contribution in [0.4, 0.5) is 0 Å². The van der Waals surface area contributed by atoms with Crippen molar-refractivity contribution in [2.45, 2.75) is 49.0 Å². The third kappa shape index (κ3) is 4.58. The molecular formula is C26H30N4O3S. The number of carbonyl (C=O) groups excluding carboxylic acids is 1. The van der Waals surface area contributed by atoms with Crippen molar-refractivity contribution in [1.82, 2.24) is 15.2 Å². The van der Waals surface area contributed by atoms with E-state index in [2.05, 4.69) is 17.4 Å². The van der Waals surface area contributed by atoms with E-state index in [-0.39, 0.29) is 22.8 Å². The van der Waals surface area contributed by atoms with Crippen LogP contribution in [0.3, 0.4) is 0 Å². The average molecular weight is 479 g/mol. The minimum atomic E-state index is -3.85. The number of sulfonamides is 1. The molecule has 1 amide bonds. The van der Waals surface area contributed by atoms with E-state index in [1.165, 1.54) is 18.6 Å². The van der Waals surface area contributed by atoms with E-state index in [4.69, 9.17) is 10.1 Å². The number of nitrogens with two attached hydrogens (primary N) is 1. The topological polar surface area (TPSA) is 105 Å². The standard InChI is InChI=1S/C26H30N4O3S/c27-34(32,33)21-11-12-23-20(15-21)16-22(25(29-23)19-9-5-2-6-10-19)26(31)30-14-13-28-17-24(30)18-7-3-1-4-8-18/h1,3-4,7-8,11-12,15-16,19,24,28H,2,5-6,9-10,13-14,17H2,(H2,27,32,33). The van der Waals surface area contributed by atoms with Crippen molar-refractivity contribution in [1.29, 1.82) is 0 Å². The van der Waals surface area contributed by atoms with Gasteiger partial charge in [-0.25, -0.2) is 13.6 Å². The number of piperazine rings is 1. The van der Waals surface area contributed by atoms with Gasteiger partial charge in [-0.2, -0.15) is 0 Å². The summed E-state index contributed by atoms with van der Waals surface area (Å²) in [4.78, 5) is 21.0. The fourth-order valence-corrected chi connectivity index (χ4v) is 5.83. The van der Waals surface area contributed by atoms with Gasteiger partial charge in [-0.05, 0) is 42.7 Å². The molecule has 7 nitrogen and oxygen atoms in total. The molecule has 5 rings (SSSR count). The first-order chi connectivity index (χ1) is 16.4. The number of aromatic nitrogens is 1. The summed E-state index contributed by atoms with van der Waals surface area (Å²) < 4.78 is 23.9. The number of primary sulfonamides is 1. The summed E-state index contributed by atoms with van der Waals surface area (Å²) in [5.41, 5.74) is 3.19. The third-order valence-corrected chi connectivity index (χ3v) is 7.97. The second-order valence-electron chi connectivity index (χ2n) is 9.28. The molecule has 1 saturated heterocycles. The Morgan fingerprint density at radius 1 is 1.03 bits per heavy atom. The molecule has 3 aromatic rings. The second-order valence-corrected chi connectivity index (χ2v) is 10.8. The number of pyridine rings is 1. The SMILES string of the molecule is NS(=O)(=O)c1ccc2nc(C3CCCCC3)c(C(=O)N3CCNCC3c3ccccc3)cc2c1. The molecule has 1 saturated carbocycles. The summed E-state index contributed by atoms with van der Waals surface area (Å²) in [5.74, 6) is 0.180. The first kappa shape index (κ1) is 23.0. The number of carbonyl (C=O) groups is 1. The minimum absolute atomic E-state index is 0.0231. The molecule has 1 aliphatic heterocycles. The monoisotopic (exact) mass is 478 g/mol. The molecule has 0 radical (unpaired) electrons. The number of nitrogens with one attached hydrogen (secondary N) is 1. The van der Waals surface area contributed by atoms with E-state index >= 15 is 0 Å². The predicted molar refractivity (Wildman–Crippen MR) is 132 cm³/mol. The van der Waals surface area contributed by atoms with Crippen molar-refractivity contribution in [2.24, 2.45) is 5.14 Å². The van der Waals surface area contributed by atoms with E-state index < -0.39 is 10.0 Å². The number of nitrogens with zero attached hydrogens (tertiary/aromatic N) is 2. The van der Waals surface area contributed by atoms with Crippen molar-refractivity contribution in [3.8, 4) is 0 Å². The van der Waals surface area contributed by atoms with E-state index in [9.17, 15) is 13.2 Å². The van der Waals surface area contributed by atoms with Gasteiger partial charge < -0.3 is 10.2 Å².